The van der Waals surface area contributed by atoms with Crippen LogP contribution in [0.1, 0.15) is 45.6 Å². The summed E-state index contributed by atoms with van der Waals surface area (Å²) in [6.07, 6.45) is 5.01. The van der Waals surface area contributed by atoms with Gasteiger partial charge in [0.15, 0.2) is 0 Å². The van der Waals surface area contributed by atoms with Crippen molar-refractivity contribution in [3.8, 4) is 0 Å². The maximum absolute atomic E-state index is 13.2. The average Bonchev–Trinajstić information content (AvgIpc) is 2.99. The summed E-state index contributed by atoms with van der Waals surface area (Å²) in [6.45, 7) is 5.72. The molecule has 3 atom stereocenters. The van der Waals surface area contributed by atoms with Gasteiger partial charge in [0.05, 0.1) is 11.8 Å². The molecule has 32 heavy (non-hydrogen) atoms. The van der Waals surface area contributed by atoms with Crippen LogP contribution in [0, 0.1) is 11.8 Å². The number of hydrogen-bond acceptors (Lipinski definition) is 4. The summed E-state index contributed by atoms with van der Waals surface area (Å²) in [5.41, 5.74) is 0.877. The normalized spacial score (nSPS) is 21.0. The van der Waals surface area contributed by atoms with Crippen molar-refractivity contribution in [3.63, 3.8) is 0 Å². The minimum Gasteiger partial charge on any atom is -0.352 e. The highest BCUT2D eigenvalue weighted by Crippen LogP contribution is 2.35. The molecule has 2 aliphatic rings. The highest BCUT2D eigenvalue weighted by atomic mass is 79.9. The van der Waals surface area contributed by atoms with Gasteiger partial charge in [0.2, 0.25) is 23.6 Å². The number of likely N-dealkylation sites (tertiary alicyclic amines) is 1. The molecule has 1 aliphatic carbocycles. The number of allylic oxidation sites excluding steroid dienone is 2. The molecule has 1 N–H and O–H groups in total. The van der Waals surface area contributed by atoms with E-state index in [4.69, 9.17) is 0 Å². The number of nitrogens with one attached hydrogen (secondary N) is 1. The number of nitrogens with zero attached hydrogens (tertiary/aromatic N) is 2. The molecule has 8 heteroatoms. The molecule has 1 aromatic carbocycles. The zero-order chi connectivity index (χ0) is 23.4. The van der Waals surface area contributed by atoms with Crippen LogP contribution in [0.25, 0.3) is 0 Å². The van der Waals surface area contributed by atoms with E-state index in [1.807, 2.05) is 50.3 Å². The van der Waals surface area contributed by atoms with E-state index in [9.17, 15) is 19.2 Å². The van der Waals surface area contributed by atoms with Crippen molar-refractivity contribution in [3.05, 3.63) is 46.5 Å². The van der Waals surface area contributed by atoms with Gasteiger partial charge in [-0.2, -0.15) is 0 Å². The Balaban J connectivity index is 1.72. The summed E-state index contributed by atoms with van der Waals surface area (Å²) >= 11 is 3.44. The molecule has 1 aromatic rings. The van der Waals surface area contributed by atoms with Crippen molar-refractivity contribution in [2.24, 2.45) is 11.8 Å². The fraction of sp³-hybridized carbons (Fsp3) is 0.500. The summed E-state index contributed by atoms with van der Waals surface area (Å²) in [4.78, 5) is 54.0. The number of amides is 4. The van der Waals surface area contributed by atoms with Crippen molar-refractivity contribution < 1.29 is 19.2 Å². The first-order chi connectivity index (χ1) is 15.2. The molecular weight excluding hydrogens is 474 g/mol. The summed E-state index contributed by atoms with van der Waals surface area (Å²) in [6, 6.07) is 6.81. The first-order valence-electron chi connectivity index (χ1n) is 11.0. The number of benzene rings is 1. The molecule has 0 radical (unpaired) electrons. The van der Waals surface area contributed by atoms with Gasteiger partial charge in [-0.15, -0.1) is 0 Å². The number of fused-ring (bicyclic) bond motifs is 1. The highest BCUT2D eigenvalue weighted by Gasteiger charge is 2.47. The van der Waals surface area contributed by atoms with Crippen LogP contribution in [-0.4, -0.2) is 52.1 Å². The molecule has 0 spiro atoms. The lowest BCUT2D eigenvalue weighted by atomic mass is 9.85. The molecule has 7 nitrogen and oxygen atoms in total. The van der Waals surface area contributed by atoms with E-state index < -0.39 is 6.04 Å². The van der Waals surface area contributed by atoms with E-state index in [1.165, 1.54) is 9.80 Å². The van der Waals surface area contributed by atoms with Crippen molar-refractivity contribution >= 4 is 39.6 Å². The van der Waals surface area contributed by atoms with Gasteiger partial charge in [-0.1, -0.05) is 40.2 Å². The third kappa shape index (κ3) is 5.46. The zero-order valence-electron chi connectivity index (χ0n) is 18.7. The lowest BCUT2D eigenvalue weighted by Gasteiger charge is -2.30. The Morgan fingerprint density at radius 2 is 1.75 bits per heavy atom. The Kier molecular flexibility index (Phi) is 7.87. The van der Waals surface area contributed by atoms with Gasteiger partial charge in [0.1, 0.15) is 6.04 Å². The third-order valence-electron chi connectivity index (χ3n) is 5.99. The topological polar surface area (TPSA) is 86.8 Å². The van der Waals surface area contributed by atoms with Crippen LogP contribution in [0.4, 0.5) is 0 Å². The van der Waals surface area contributed by atoms with Crippen LogP contribution < -0.4 is 5.32 Å². The molecule has 1 saturated heterocycles. The quantitative estimate of drug-likeness (QED) is 0.436. The predicted octanol–water partition coefficient (Wildman–Crippen LogP) is 3.03. The molecule has 1 aliphatic heterocycles. The van der Waals surface area contributed by atoms with Crippen LogP contribution in [0.15, 0.2) is 40.9 Å². The fourth-order valence-corrected chi connectivity index (χ4v) is 4.71. The average molecular weight is 504 g/mol. The third-order valence-corrected chi connectivity index (χ3v) is 6.48. The second kappa shape index (κ2) is 10.4. The maximum Gasteiger partial charge on any atom is 0.242 e. The molecule has 4 amide bonds. The summed E-state index contributed by atoms with van der Waals surface area (Å²) in [7, 11) is 0. The Bertz CT molecular complexity index is 904. The number of rotatable bonds is 8. The van der Waals surface area contributed by atoms with Crippen molar-refractivity contribution in [1.82, 2.24) is 15.1 Å². The molecule has 1 fully saturated rings. The number of imide groups is 1. The van der Waals surface area contributed by atoms with Gasteiger partial charge in [0, 0.05) is 30.0 Å². The second-order valence-corrected chi connectivity index (χ2v) is 9.64. The van der Waals surface area contributed by atoms with Gasteiger partial charge < -0.3 is 10.2 Å². The van der Waals surface area contributed by atoms with Gasteiger partial charge in [-0.3, -0.25) is 24.1 Å². The summed E-state index contributed by atoms with van der Waals surface area (Å²) < 4.78 is 0.881. The van der Waals surface area contributed by atoms with Crippen LogP contribution >= 0.6 is 15.9 Å². The summed E-state index contributed by atoms with van der Waals surface area (Å²) in [5.74, 6) is -1.52. The minimum absolute atomic E-state index is 0.0162. The minimum atomic E-state index is -0.694. The van der Waals surface area contributed by atoms with Crippen LogP contribution in [0.2, 0.25) is 0 Å². The number of carbonyl (C=O) groups excluding carboxylic acids is 4. The Morgan fingerprint density at radius 1 is 1.12 bits per heavy atom. The standard InChI is InChI=1S/C24H30BrN3O4/c1-15(2)26-22(30)16(3)28(14-17-7-6-8-18(25)13-17)21(29)11-12-27-23(31)19-9-4-5-10-20(19)24(27)32/h4-8,13,15-16,19-20H,9-12,14H2,1-3H3,(H,26,30)/t16-,19-,20+/m1/s1. The maximum atomic E-state index is 13.2. The molecule has 3 rings (SSSR count). The largest absolute Gasteiger partial charge is 0.352 e. The Labute approximate surface area is 197 Å². The van der Waals surface area contributed by atoms with E-state index >= 15 is 0 Å². The molecule has 172 valence electrons. The lowest BCUT2D eigenvalue weighted by Crippen LogP contribution is -2.49. The molecule has 0 aromatic heterocycles. The monoisotopic (exact) mass is 503 g/mol. The Hall–Kier alpha value is -2.48. The van der Waals surface area contributed by atoms with Crippen LogP contribution in [0.5, 0.6) is 0 Å². The first-order valence-corrected chi connectivity index (χ1v) is 11.8. The van der Waals surface area contributed by atoms with E-state index in [2.05, 4.69) is 21.2 Å². The van der Waals surface area contributed by atoms with Crippen molar-refractivity contribution in [1.29, 1.82) is 0 Å². The SMILES string of the molecule is CC(C)NC(=O)[C@@H](C)N(Cc1cccc(Br)c1)C(=O)CCN1C(=O)[C@H]2CC=CC[C@H]2C1=O. The lowest BCUT2D eigenvalue weighted by molar-refractivity contribution is -0.143. The molecule has 0 saturated carbocycles. The van der Waals surface area contributed by atoms with Crippen molar-refractivity contribution in [2.75, 3.05) is 6.54 Å². The van der Waals surface area contributed by atoms with Gasteiger partial charge in [-0.05, 0) is 51.3 Å². The fourth-order valence-electron chi connectivity index (χ4n) is 4.26. The molecule has 0 unspecified atom stereocenters. The van der Waals surface area contributed by atoms with Gasteiger partial charge in [-0.25, -0.2) is 0 Å². The number of halogens is 1. The highest BCUT2D eigenvalue weighted by molar-refractivity contribution is 9.10. The smallest absolute Gasteiger partial charge is 0.242 e. The number of hydrogen-bond donors (Lipinski definition) is 1. The number of carbonyl (C=O) groups is 4. The van der Waals surface area contributed by atoms with Crippen LogP contribution in [0.3, 0.4) is 0 Å². The van der Waals surface area contributed by atoms with E-state index in [1.54, 1.807) is 6.92 Å². The second-order valence-electron chi connectivity index (χ2n) is 8.72. The molecule has 1 heterocycles. The summed E-state index contributed by atoms with van der Waals surface area (Å²) in [5, 5.41) is 2.85. The van der Waals surface area contributed by atoms with E-state index in [-0.39, 0.29) is 61.0 Å². The first kappa shape index (κ1) is 24.2. The molecular formula is C24H30BrN3O4. The van der Waals surface area contributed by atoms with Gasteiger partial charge >= 0.3 is 0 Å². The molecule has 0 bridgehead atoms. The predicted molar refractivity (Wildman–Crippen MR) is 124 cm³/mol. The Morgan fingerprint density at radius 3 is 2.31 bits per heavy atom. The van der Waals surface area contributed by atoms with E-state index in [0.717, 1.165) is 10.0 Å². The van der Waals surface area contributed by atoms with Gasteiger partial charge in [0.25, 0.3) is 0 Å². The zero-order valence-corrected chi connectivity index (χ0v) is 20.3. The van der Waals surface area contributed by atoms with Crippen LogP contribution in [-0.2, 0) is 25.7 Å². The van der Waals surface area contributed by atoms with E-state index in [0.29, 0.717) is 12.8 Å². The van der Waals surface area contributed by atoms with Crippen molar-refractivity contribution in [2.45, 2.75) is 58.7 Å².